The van der Waals surface area contributed by atoms with Gasteiger partial charge < -0.3 is 19.3 Å². The molecule has 1 fully saturated rings. The number of hydrogen-bond acceptors (Lipinski definition) is 7. The van der Waals surface area contributed by atoms with Crippen LogP contribution in [0.3, 0.4) is 0 Å². The summed E-state index contributed by atoms with van der Waals surface area (Å²) >= 11 is 1.82. The van der Waals surface area contributed by atoms with Crippen molar-refractivity contribution in [1.29, 1.82) is 0 Å². The second kappa shape index (κ2) is 8.63. The molecular weight excluding hydrogens is 384 g/mol. The molecule has 0 radical (unpaired) electrons. The van der Waals surface area contributed by atoms with Crippen molar-refractivity contribution in [3.63, 3.8) is 0 Å². The van der Waals surface area contributed by atoms with Crippen molar-refractivity contribution in [2.24, 2.45) is 4.99 Å². The number of morpholine rings is 1. The standard InChI is InChI=1S/C22H28N4O2S/c1-15-23-18(14-29-15)20-13-26(11-12-28-20)19-9-10-21(27-4)24-22(19)16-5-7-17(8-6-16)25(2)3/h5-10,18,20H,11-14H2,1-4H3. The maximum absolute atomic E-state index is 6.08. The molecule has 154 valence electrons. The summed E-state index contributed by atoms with van der Waals surface area (Å²) < 4.78 is 11.5. The third-order valence-electron chi connectivity index (χ3n) is 5.39. The van der Waals surface area contributed by atoms with E-state index in [4.69, 9.17) is 19.5 Å². The Morgan fingerprint density at radius 2 is 1.97 bits per heavy atom. The fourth-order valence-corrected chi connectivity index (χ4v) is 4.68. The lowest BCUT2D eigenvalue weighted by molar-refractivity contribution is 0.0295. The zero-order valence-corrected chi connectivity index (χ0v) is 18.3. The van der Waals surface area contributed by atoms with E-state index in [-0.39, 0.29) is 12.1 Å². The van der Waals surface area contributed by atoms with Crippen LogP contribution in [0, 0.1) is 0 Å². The number of aromatic nitrogens is 1. The molecule has 0 amide bonds. The quantitative estimate of drug-likeness (QED) is 0.748. The predicted molar refractivity (Wildman–Crippen MR) is 122 cm³/mol. The minimum absolute atomic E-state index is 0.111. The Morgan fingerprint density at radius 3 is 2.62 bits per heavy atom. The molecule has 2 aliphatic heterocycles. The lowest BCUT2D eigenvalue weighted by Gasteiger charge is -2.37. The minimum atomic E-state index is 0.111. The van der Waals surface area contributed by atoms with Gasteiger partial charge in [0, 0.05) is 50.3 Å². The molecule has 4 rings (SSSR count). The maximum Gasteiger partial charge on any atom is 0.213 e. The Morgan fingerprint density at radius 1 is 1.17 bits per heavy atom. The van der Waals surface area contributed by atoms with Crippen molar-refractivity contribution in [3.05, 3.63) is 36.4 Å². The molecule has 29 heavy (non-hydrogen) atoms. The molecule has 0 saturated carbocycles. The lowest BCUT2D eigenvalue weighted by atomic mass is 10.1. The van der Waals surface area contributed by atoms with Gasteiger partial charge in [-0.3, -0.25) is 4.99 Å². The van der Waals surface area contributed by atoms with Gasteiger partial charge in [-0.05, 0) is 25.1 Å². The summed E-state index contributed by atoms with van der Waals surface area (Å²) in [5.41, 5.74) is 4.30. The van der Waals surface area contributed by atoms with Crippen LogP contribution >= 0.6 is 11.8 Å². The number of ether oxygens (including phenoxy) is 2. The first kappa shape index (κ1) is 20.0. The van der Waals surface area contributed by atoms with E-state index in [0.717, 1.165) is 46.5 Å². The van der Waals surface area contributed by atoms with E-state index < -0.39 is 0 Å². The first-order valence-corrected chi connectivity index (χ1v) is 10.9. The van der Waals surface area contributed by atoms with Crippen LogP contribution in [0.25, 0.3) is 11.3 Å². The number of aliphatic imine (C=N–C) groups is 1. The van der Waals surface area contributed by atoms with E-state index in [1.807, 2.05) is 31.9 Å². The second-order valence-electron chi connectivity index (χ2n) is 7.54. The third kappa shape index (κ3) is 4.36. The molecule has 0 aliphatic carbocycles. The van der Waals surface area contributed by atoms with Gasteiger partial charge in [-0.1, -0.05) is 12.1 Å². The first-order chi connectivity index (χ1) is 14.0. The smallest absolute Gasteiger partial charge is 0.213 e. The number of anilines is 2. The van der Waals surface area contributed by atoms with E-state index in [2.05, 4.69) is 47.1 Å². The molecule has 0 bridgehead atoms. The fraction of sp³-hybridized carbons (Fsp3) is 0.455. The number of hydrogen-bond donors (Lipinski definition) is 0. The van der Waals surface area contributed by atoms with Crippen molar-refractivity contribution in [1.82, 2.24) is 4.98 Å². The topological polar surface area (TPSA) is 50.2 Å². The third-order valence-corrected chi connectivity index (χ3v) is 6.42. The molecule has 1 aromatic heterocycles. The van der Waals surface area contributed by atoms with Crippen LogP contribution < -0.4 is 14.5 Å². The van der Waals surface area contributed by atoms with Gasteiger partial charge in [0.1, 0.15) is 0 Å². The second-order valence-corrected chi connectivity index (χ2v) is 8.76. The van der Waals surface area contributed by atoms with Crippen molar-refractivity contribution >= 4 is 28.2 Å². The van der Waals surface area contributed by atoms with Crippen LogP contribution in [0.2, 0.25) is 0 Å². The van der Waals surface area contributed by atoms with E-state index in [0.29, 0.717) is 12.5 Å². The van der Waals surface area contributed by atoms with Crippen molar-refractivity contribution < 1.29 is 9.47 Å². The van der Waals surface area contributed by atoms with Gasteiger partial charge in [0.15, 0.2) is 0 Å². The number of rotatable bonds is 5. The molecule has 1 aromatic carbocycles. The Balaban J connectivity index is 1.64. The Kier molecular flexibility index (Phi) is 5.96. The lowest BCUT2D eigenvalue weighted by Crippen LogP contribution is -2.47. The van der Waals surface area contributed by atoms with Gasteiger partial charge in [-0.25, -0.2) is 4.98 Å². The zero-order chi connectivity index (χ0) is 20.4. The number of thioether (sulfide) groups is 1. The maximum atomic E-state index is 6.08. The molecule has 2 aliphatic rings. The van der Waals surface area contributed by atoms with Crippen molar-refractivity contribution in [3.8, 4) is 17.1 Å². The molecule has 0 N–H and O–H groups in total. The van der Waals surface area contributed by atoms with Gasteiger partial charge in [-0.15, -0.1) is 11.8 Å². The van der Waals surface area contributed by atoms with Crippen LogP contribution in [-0.4, -0.2) is 68.8 Å². The first-order valence-electron chi connectivity index (χ1n) is 9.91. The molecule has 7 heteroatoms. The molecular formula is C22H28N4O2S. The van der Waals surface area contributed by atoms with Gasteiger partial charge in [0.2, 0.25) is 5.88 Å². The van der Waals surface area contributed by atoms with Crippen LogP contribution in [0.1, 0.15) is 6.92 Å². The number of benzene rings is 1. The zero-order valence-electron chi connectivity index (χ0n) is 17.5. The Bertz CT molecular complexity index is 885. The Hall–Kier alpha value is -2.25. The predicted octanol–water partition coefficient (Wildman–Crippen LogP) is 3.56. The highest BCUT2D eigenvalue weighted by Gasteiger charge is 2.32. The molecule has 2 unspecified atom stereocenters. The average Bonchev–Trinajstić information content (AvgIpc) is 3.20. The normalized spacial score (nSPS) is 21.8. The number of nitrogens with zero attached hydrogens (tertiary/aromatic N) is 4. The fourth-order valence-electron chi connectivity index (χ4n) is 3.76. The van der Waals surface area contributed by atoms with E-state index in [1.54, 1.807) is 7.11 Å². The van der Waals surface area contributed by atoms with Crippen molar-refractivity contribution in [2.45, 2.75) is 19.1 Å². The van der Waals surface area contributed by atoms with Crippen molar-refractivity contribution in [2.75, 3.05) is 56.5 Å². The van der Waals surface area contributed by atoms with E-state index >= 15 is 0 Å². The Labute approximate surface area is 176 Å². The molecule has 3 heterocycles. The molecule has 2 aromatic rings. The van der Waals surface area contributed by atoms with Crippen LogP contribution in [0.5, 0.6) is 5.88 Å². The van der Waals surface area contributed by atoms with Gasteiger partial charge in [0.25, 0.3) is 0 Å². The van der Waals surface area contributed by atoms with E-state index in [1.165, 1.54) is 0 Å². The number of pyridine rings is 1. The summed E-state index contributed by atoms with van der Waals surface area (Å²) in [4.78, 5) is 14.0. The molecule has 0 spiro atoms. The highest BCUT2D eigenvalue weighted by Crippen LogP contribution is 2.34. The van der Waals surface area contributed by atoms with Gasteiger partial charge in [-0.2, -0.15) is 0 Å². The molecule has 2 atom stereocenters. The molecule has 6 nitrogen and oxygen atoms in total. The van der Waals surface area contributed by atoms with Crippen LogP contribution in [-0.2, 0) is 4.74 Å². The SMILES string of the molecule is COc1ccc(N2CCOC(C3CSC(C)=N3)C2)c(-c2ccc(N(C)C)cc2)n1. The summed E-state index contributed by atoms with van der Waals surface area (Å²) in [6.45, 7) is 4.44. The highest BCUT2D eigenvalue weighted by atomic mass is 32.2. The summed E-state index contributed by atoms with van der Waals surface area (Å²) in [5, 5.41) is 1.16. The average molecular weight is 413 g/mol. The van der Waals surface area contributed by atoms with Gasteiger partial charge >= 0.3 is 0 Å². The summed E-state index contributed by atoms with van der Waals surface area (Å²) in [5.74, 6) is 1.63. The highest BCUT2D eigenvalue weighted by molar-refractivity contribution is 8.14. The minimum Gasteiger partial charge on any atom is -0.481 e. The number of methoxy groups -OCH3 is 1. The van der Waals surface area contributed by atoms with Crippen LogP contribution in [0.4, 0.5) is 11.4 Å². The largest absolute Gasteiger partial charge is 0.481 e. The summed E-state index contributed by atoms with van der Waals surface area (Å²) in [6, 6.07) is 12.8. The van der Waals surface area contributed by atoms with E-state index in [9.17, 15) is 0 Å². The van der Waals surface area contributed by atoms with Crippen LogP contribution in [0.15, 0.2) is 41.4 Å². The van der Waals surface area contributed by atoms with Gasteiger partial charge in [0.05, 0.1) is 42.3 Å². The monoisotopic (exact) mass is 412 g/mol. The summed E-state index contributed by atoms with van der Waals surface area (Å²) in [6.07, 6.45) is 0.111. The summed E-state index contributed by atoms with van der Waals surface area (Å²) in [7, 11) is 5.75. The molecule has 1 saturated heterocycles.